The molecular weight excluding hydrogens is 238 g/mol. The largest absolute Gasteiger partial charge is 0.391 e. The molecule has 0 aromatic rings. The summed E-state index contributed by atoms with van der Waals surface area (Å²) < 4.78 is 0. The molecule has 3 fully saturated rings. The molecule has 0 spiro atoms. The van der Waals surface area contributed by atoms with Gasteiger partial charge in [0.25, 0.3) is 0 Å². The Morgan fingerprint density at radius 1 is 1.11 bits per heavy atom. The van der Waals surface area contributed by atoms with Gasteiger partial charge in [0.15, 0.2) is 0 Å². The van der Waals surface area contributed by atoms with Gasteiger partial charge in [0, 0.05) is 20.6 Å². The first kappa shape index (κ1) is 12.2. The van der Waals surface area contributed by atoms with E-state index in [1.807, 2.05) is 4.90 Å². The third-order valence-electron chi connectivity index (χ3n) is 4.58. The summed E-state index contributed by atoms with van der Waals surface area (Å²) in [5, 5.41) is 29.8. The second kappa shape index (κ2) is 3.80. The highest BCUT2D eigenvalue weighted by Gasteiger charge is 2.58. The number of piperidine rings is 1. The molecule has 0 aliphatic carbocycles. The molecule has 102 valence electrons. The van der Waals surface area contributed by atoms with Gasteiger partial charge in [-0.2, -0.15) is 0 Å². The Morgan fingerprint density at radius 2 is 1.78 bits per heavy atom. The summed E-state index contributed by atoms with van der Waals surface area (Å²) in [6.07, 6.45) is -2.28. The molecule has 3 N–H and O–H groups in total. The van der Waals surface area contributed by atoms with Crippen LogP contribution in [0.1, 0.15) is 6.42 Å². The number of hydrogen-bond donors (Lipinski definition) is 3. The zero-order valence-corrected chi connectivity index (χ0v) is 10.5. The van der Waals surface area contributed by atoms with Crippen molar-refractivity contribution in [2.24, 2.45) is 0 Å². The third-order valence-corrected chi connectivity index (χ3v) is 4.58. The molecule has 3 rings (SSSR count). The minimum atomic E-state index is -0.949. The van der Waals surface area contributed by atoms with Gasteiger partial charge in [0.05, 0.1) is 30.4 Å². The first-order valence-corrected chi connectivity index (χ1v) is 6.23. The minimum Gasteiger partial charge on any atom is -0.391 e. The maximum Gasteiger partial charge on any atom is 0.321 e. The lowest BCUT2D eigenvalue weighted by atomic mass is 9.91. The highest BCUT2D eigenvalue weighted by atomic mass is 16.3. The fourth-order valence-corrected chi connectivity index (χ4v) is 3.67. The van der Waals surface area contributed by atoms with Crippen LogP contribution < -0.4 is 0 Å². The van der Waals surface area contributed by atoms with Gasteiger partial charge in [-0.05, 0) is 6.42 Å². The van der Waals surface area contributed by atoms with E-state index in [4.69, 9.17) is 0 Å². The van der Waals surface area contributed by atoms with Crippen molar-refractivity contribution in [3.8, 4) is 0 Å². The Labute approximate surface area is 105 Å². The summed E-state index contributed by atoms with van der Waals surface area (Å²) in [5.41, 5.74) is 0. The Hall–Kier alpha value is -0.890. The van der Waals surface area contributed by atoms with Crippen molar-refractivity contribution in [3.63, 3.8) is 0 Å². The third kappa shape index (κ3) is 1.36. The second-order valence-electron chi connectivity index (χ2n) is 5.53. The van der Waals surface area contributed by atoms with Gasteiger partial charge in [-0.3, -0.25) is 4.90 Å². The Bertz CT molecular complexity index is 379. The van der Waals surface area contributed by atoms with Gasteiger partial charge in [0.1, 0.15) is 6.17 Å². The summed E-state index contributed by atoms with van der Waals surface area (Å²) in [7, 11) is 3.44. The van der Waals surface area contributed by atoms with Gasteiger partial charge >= 0.3 is 6.03 Å². The van der Waals surface area contributed by atoms with E-state index in [0.29, 0.717) is 6.42 Å². The SMILES string of the molecule is CN1C(=O)N(C)C2C1C[C@@H](O)[C@@H]1[C@H](O)[C@H](O)CN21. The standard InChI is InChI=1S/C11H19N3O4/c1-12-5-3-6(15)8-9(17)7(16)4-14(8)10(5)13(2)11(12)18/h5-10,15-17H,3-4H2,1-2H3/t5?,6-,7-,8-,9-,10?/m1/s1. The molecule has 3 aliphatic heterocycles. The smallest absolute Gasteiger partial charge is 0.321 e. The van der Waals surface area contributed by atoms with Crippen LogP contribution in [-0.2, 0) is 0 Å². The van der Waals surface area contributed by atoms with E-state index in [9.17, 15) is 20.1 Å². The monoisotopic (exact) mass is 257 g/mol. The summed E-state index contributed by atoms with van der Waals surface area (Å²) in [4.78, 5) is 17.1. The fraction of sp³-hybridized carbons (Fsp3) is 0.909. The number of nitrogens with zero attached hydrogens (tertiary/aromatic N) is 3. The first-order chi connectivity index (χ1) is 8.43. The maximum absolute atomic E-state index is 11.9. The van der Waals surface area contributed by atoms with Crippen molar-refractivity contribution in [3.05, 3.63) is 0 Å². The van der Waals surface area contributed by atoms with E-state index in [1.165, 1.54) is 0 Å². The van der Waals surface area contributed by atoms with Crippen molar-refractivity contribution < 1.29 is 20.1 Å². The van der Waals surface area contributed by atoms with Crippen LogP contribution in [-0.4, -0.2) is 93.3 Å². The number of likely N-dealkylation sites (N-methyl/N-ethyl adjacent to an activating group) is 2. The summed E-state index contributed by atoms with van der Waals surface area (Å²) >= 11 is 0. The van der Waals surface area contributed by atoms with Crippen molar-refractivity contribution in [1.29, 1.82) is 0 Å². The Kier molecular flexibility index (Phi) is 2.57. The van der Waals surface area contributed by atoms with Crippen LogP contribution in [0.5, 0.6) is 0 Å². The van der Waals surface area contributed by atoms with E-state index in [2.05, 4.69) is 0 Å². The highest BCUT2D eigenvalue weighted by Crippen LogP contribution is 2.38. The molecule has 0 radical (unpaired) electrons. The summed E-state index contributed by atoms with van der Waals surface area (Å²) in [6, 6.07) is -0.664. The average molecular weight is 257 g/mol. The fourth-order valence-electron chi connectivity index (χ4n) is 3.67. The molecule has 2 unspecified atom stereocenters. The van der Waals surface area contributed by atoms with Crippen molar-refractivity contribution in [2.45, 2.75) is 43.0 Å². The minimum absolute atomic E-state index is 0.0891. The van der Waals surface area contributed by atoms with Gasteiger partial charge in [-0.25, -0.2) is 4.79 Å². The molecule has 7 heteroatoms. The van der Waals surface area contributed by atoms with Crippen LogP contribution in [0, 0.1) is 0 Å². The lowest BCUT2D eigenvalue weighted by Crippen LogP contribution is -2.62. The molecule has 0 aromatic carbocycles. The van der Waals surface area contributed by atoms with E-state index in [1.54, 1.807) is 23.9 Å². The van der Waals surface area contributed by atoms with Gasteiger partial charge < -0.3 is 25.1 Å². The lowest BCUT2D eigenvalue weighted by Gasteiger charge is -2.44. The number of carbonyl (C=O) groups excluding carboxylic acids is 1. The lowest BCUT2D eigenvalue weighted by molar-refractivity contribution is -0.0762. The normalized spacial score (nSPS) is 48.6. The molecule has 18 heavy (non-hydrogen) atoms. The van der Waals surface area contributed by atoms with Crippen LogP contribution in [0.25, 0.3) is 0 Å². The van der Waals surface area contributed by atoms with Gasteiger partial charge in [-0.15, -0.1) is 0 Å². The number of rotatable bonds is 0. The molecule has 6 atom stereocenters. The number of aliphatic hydroxyl groups is 3. The van der Waals surface area contributed by atoms with E-state index in [-0.39, 0.29) is 24.8 Å². The van der Waals surface area contributed by atoms with Gasteiger partial charge in [-0.1, -0.05) is 0 Å². The van der Waals surface area contributed by atoms with Crippen molar-refractivity contribution >= 4 is 6.03 Å². The molecule has 2 amide bonds. The molecule has 3 saturated heterocycles. The van der Waals surface area contributed by atoms with E-state index < -0.39 is 24.4 Å². The van der Waals surface area contributed by atoms with Crippen LogP contribution >= 0.6 is 0 Å². The number of aliphatic hydroxyl groups excluding tert-OH is 3. The number of carbonyl (C=O) groups is 1. The molecule has 7 nitrogen and oxygen atoms in total. The number of fused-ring (bicyclic) bond motifs is 3. The van der Waals surface area contributed by atoms with Crippen LogP contribution in [0.2, 0.25) is 0 Å². The van der Waals surface area contributed by atoms with Crippen LogP contribution in [0.3, 0.4) is 0 Å². The number of hydrogen-bond acceptors (Lipinski definition) is 5. The molecule has 3 aliphatic rings. The first-order valence-electron chi connectivity index (χ1n) is 6.23. The van der Waals surface area contributed by atoms with Crippen LogP contribution in [0.15, 0.2) is 0 Å². The summed E-state index contributed by atoms with van der Waals surface area (Å²) in [6.45, 7) is 0.287. The van der Waals surface area contributed by atoms with E-state index in [0.717, 1.165) is 0 Å². The average Bonchev–Trinajstić information content (AvgIpc) is 2.72. The topological polar surface area (TPSA) is 87.5 Å². The Morgan fingerprint density at radius 3 is 2.44 bits per heavy atom. The molecule has 3 heterocycles. The number of amides is 2. The molecule has 0 aromatic heterocycles. The molecule has 0 saturated carbocycles. The second-order valence-corrected chi connectivity index (χ2v) is 5.53. The van der Waals surface area contributed by atoms with Crippen molar-refractivity contribution in [1.82, 2.24) is 14.7 Å². The van der Waals surface area contributed by atoms with E-state index >= 15 is 0 Å². The van der Waals surface area contributed by atoms with Gasteiger partial charge in [0.2, 0.25) is 0 Å². The zero-order valence-electron chi connectivity index (χ0n) is 10.5. The predicted molar refractivity (Wildman–Crippen MR) is 61.6 cm³/mol. The quantitative estimate of drug-likeness (QED) is 0.460. The van der Waals surface area contributed by atoms with Crippen LogP contribution in [0.4, 0.5) is 4.79 Å². The highest BCUT2D eigenvalue weighted by molar-refractivity contribution is 5.77. The molecular formula is C11H19N3O4. The Balaban J connectivity index is 1.95. The summed E-state index contributed by atoms with van der Waals surface area (Å²) in [5.74, 6) is 0. The predicted octanol–water partition coefficient (Wildman–Crippen LogP) is -2.15. The molecule has 0 bridgehead atoms. The maximum atomic E-state index is 11.9. The zero-order chi connectivity index (χ0) is 13.2. The number of urea groups is 1. The van der Waals surface area contributed by atoms with Crippen molar-refractivity contribution in [2.75, 3.05) is 20.6 Å².